The topological polar surface area (TPSA) is 192 Å². The molecule has 12 heteroatoms. The first-order valence-electron chi connectivity index (χ1n) is 14.4. The predicted molar refractivity (Wildman–Crippen MR) is 153 cm³/mol. The summed E-state index contributed by atoms with van der Waals surface area (Å²) in [5, 5.41) is 14.6. The maximum absolute atomic E-state index is 13.5. The van der Waals surface area contributed by atoms with Gasteiger partial charge in [-0.05, 0) is 49.8 Å². The van der Waals surface area contributed by atoms with E-state index in [2.05, 4.69) is 10.6 Å². The molecule has 7 N–H and O–H groups in total. The number of primary amides is 1. The Balaban J connectivity index is 1.85. The highest BCUT2D eigenvalue weighted by molar-refractivity contribution is 6.09. The Labute approximate surface area is 241 Å². The average Bonchev–Trinajstić information content (AvgIpc) is 2.93. The lowest BCUT2D eigenvalue weighted by Crippen LogP contribution is -2.46. The summed E-state index contributed by atoms with van der Waals surface area (Å²) in [6.07, 6.45) is 3.22. The van der Waals surface area contributed by atoms with Gasteiger partial charge in [-0.2, -0.15) is 0 Å². The molecule has 0 unspecified atom stereocenters. The van der Waals surface area contributed by atoms with Crippen LogP contribution in [0.5, 0.6) is 0 Å². The predicted octanol–water partition coefficient (Wildman–Crippen LogP) is 1.67. The van der Waals surface area contributed by atoms with Crippen molar-refractivity contribution in [2.45, 2.75) is 58.0 Å². The highest BCUT2D eigenvalue weighted by Crippen LogP contribution is 2.45. The number of aliphatic hydroxyl groups excluding tert-OH is 1. The molecule has 1 fully saturated rings. The highest BCUT2D eigenvalue weighted by atomic mass is 16.5. The molecule has 2 rings (SSSR count). The van der Waals surface area contributed by atoms with Crippen LogP contribution in [-0.2, 0) is 35.2 Å². The Morgan fingerprint density at radius 1 is 0.902 bits per heavy atom. The molecule has 1 aromatic carbocycles. The van der Waals surface area contributed by atoms with Crippen molar-refractivity contribution in [3.05, 3.63) is 29.8 Å². The summed E-state index contributed by atoms with van der Waals surface area (Å²) in [7, 11) is 0. The van der Waals surface area contributed by atoms with Crippen LogP contribution in [0.1, 0.15) is 56.9 Å². The van der Waals surface area contributed by atoms with Gasteiger partial charge in [0.05, 0.1) is 45.1 Å². The lowest BCUT2D eigenvalue weighted by molar-refractivity contribution is -0.148. The maximum atomic E-state index is 13.5. The molecule has 230 valence electrons. The Hall–Kier alpha value is -2.90. The van der Waals surface area contributed by atoms with E-state index >= 15 is 0 Å². The van der Waals surface area contributed by atoms with Gasteiger partial charge in [-0.1, -0.05) is 18.6 Å². The summed E-state index contributed by atoms with van der Waals surface area (Å²) < 4.78 is 16.2. The first kappa shape index (κ1) is 34.3. The van der Waals surface area contributed by atoms with Gasteiger partial charge >= 0.3 is 6.03 Å². The molecule has 1 aromatic rings. The zero-order chi connectivity index (χ0) is 29.9. The second kappa shape index (κ2) is 19.3. The number of carbonyl (C=O) groups excluding carboxylic acids is 4. The normalized spacial score (nSPS) is 14.6. The molecule has 1 atom stereocenters. The van der Waals surface area contributed by atoms with Crippen molar-refractivity contribution >= 4 is 29.2 Å². The van der Waals surface area contributed by atoms with Gasteiger partial charge in [-0.15, -0.1) is 0 Å². The zero-order valence-electron chi connectivity index (χ0n) is 23.9. The first-order valence-corrected chi connectivity index (χ1v) is 14.4. The lowest BCUT2D eigenvalue weighted by atomic mass is 9.61. The van der Waals surface area contributed by atoms with E-state index in [1.54, 1.807) is 24.3 Å². The van der Waals surface area contributed by atoms with E-state index in [0.29, 0.717) is 89.5 Å². The quantitative estimate of drug-likeness (QED) is 0.0949. The Bertz CT molecular complexity index is 953. The molecule has 0 bridgehead atoms. The van der Waals surface area contributed by atoms with Gasteiger partial charge in [-0.3, -0.25) is 14.4 Å². The Morgan fingerprint density at radius 2 is 1.54 bits per heavy atom. The molecule has 1 saturated carbocycles. The summed E-state index contributed by atoms with van der Waals surface area (Å²) in [4.78, 5) is 50.9. The molecule has 0 spiro atoms. The molecule has 0 saturated heterocycles. The fourth-order valence-electron chi connectivity index (χ4n) is 4.69. The fraction of sp³-hybridized carbons (Fsp3) is 0.655. The van der Waals surface area contributed by atoms with Crippen molar-refractivity contribution in [3.8, 4) is 0 Å². The van der Waals surface area contributed by atoms with Gasteiger partial charge < -0.3 is 41.4 Å². The number of aliphatic hydroxyl groups is 1. The van der Waals surface area contributed by atoms with Crippen LogP contribution in [0.3, 0.4) is 0 Å². The average molecular weight is 579 g/mol. The summed E-state index contributed by atoms with van der Waals surface area (Å²) in [6, 6.07) is 6.10. The number of ketones is 2. The van der Waals surface area contributed by atoms with Crippen LogP contribution in [0.25, 0.3) is 0 Å². The molecule has 0 radical (unpaired) electrons. The van der Waals surface area contributed by atoms with Crippen LogP contribution in [0.4, 0.5) is 10.5 Å². The molecular weight excluding hydrogens is 532 g/mol. The summed E-state index contributed by atoms with van der Waals surface area (Å²) in [6.45, 7) is 3.29. The van der Waals surface area contributed by atoms with Crippen molar-refractivity contribution in [2.75, 3.05) is 58.0 Å². The Kier molecular flexibility index (Phi) is 16.1. The lowest BCUT2D eigenvalue weighted by Gasteiger charge is -2.39. The number of urea groups is 1. The third kappa shape index (κ3) is 12.2. The number of nitrogens with two attached hydrogens (primary N) is 2. The van der Waals surface area contributed by atoms with E-state index in [-0.39, 0.29) is 43.5 Å². The minimum Gasteiger partial charge on any atom is -0.392 e. The van der Waals surface area contributed by atoms with Crippen molar-refractivity contribution in [3.63, 3.8) is 0 Å². The number of nitrogens with one attached hydrogen (secondary N) is 2. The molecule has 41 heavy (non-hydrogen) atoms. The van der Waals surface area contributed by atoms with Crippen LogP contribution < -0.4 is 22.1 Å². The third-order valence-corrected chi connectivity index (χ3v) is 7.21. The molecular formula is C29H46N4O8. The minimum atomic E-state index is -1.04. The fourth-order valence-corrected chi connectivity index (χ4v) is 4.69. The van der Waals surface area contributed by atoms with Gasteiger partial charge in [-0.25, -0.2) is 4.79 Å². The van der Waals surface area contributed by atoms with Gasteiger partial charge in [0.2, 0.25) is 5.91 Å². The second-order valence-corrected chi connectivity index (χ2v) is 10.2. The van der Waals surface area contributed by atoms with E-state index in [4.69, 9.17) is 25.7 Å². The molecule has 1 aliphatic carbocycles. The maximum Gasteiger partial charge on any atom is 0.312 e. The van der Waals surface area contributed by atoms with Crippen LogP contribution in [-0.4, -0.2) is 81.3 Å². The molecule has 3 amide bonds. The smallest absolute Gasteiger partial charge is 0.312 e. The number of anilines is 1. The van der Waals surface area contributed by atoms with E-state index < -0.39 is 17.4 Å². The van der Waals surface area contributed by atoms with Crippen molar-refractivity contribution in [2.24, 2.45) is 22.8 Å². The number of benzene rings is 1. The highest BCUT2D eigenvalue weighted by Gasteiger charge is 2.49. The standard InChI is InChI=1S/C29H46N4O8/c30-12-15-40-17-19-41-18-16-39-14-2-5-25(35)29(10-3-11-29)26(36)20-23(4-1-13-32-28(31)38)27(37)33-24-8-6-22(21-34)7-9-24/h6-9,23,34H,1-5,10-21,30H2,(H,33,37)(H3,31,32,38)/t23-/m1/s1. The van der Waals surface area contributed by atoms with Crippen LogP contribution in [0.2, 0.25) is 0 Å². The molecule has 0 aromatic heterocycles. The number of hydrogen-bond acceptors (Lipinski definition) is 9. The van der Waals surface area contributed by atoms with Gasteiger partial charge in [0.15, 0.2) is 0 Å². The number of carbonyl (C=O) groups is 4. The summed E-state index contributed by atoms with van der Waals surface area (Å²) >= 11 is 0. The molecule has 0 heterocycles. The van der Waals surface area contributed by atoms with Crippen LogP contribution in [0, 0.1) is 11.3 Å². The zero-order valence-corrected chi connectivity index (χ0v) is 23.9. The minimum absolute atomic E-state index is 0.0638. The third-order valence-electron chi connectivity index (χ3n) is 7.21. The summed E-state index contributed by atoms with van der Waals surface area (Å²) in [5.74, 6) is -1.32. The number of hydrogen-bond donors (Lipinski definition) is 5. The monoisotopic (exact) mass is 578 g/mol. The van der Waals surface area contributed by atoms with E-state index in [1.807, 2.05) is 0 Å². The number of Topliss-reactive ketones (excluding diaryl/α,β-unsaturated/α-hetero) is 2. The second-order valence-electron chi connectivity index (χ2n) is 10.2. The van der Waals surface area contributed by atoms with Crippen molar-refractivity contribution in [1.29, 1.82) is 0 Å². The molecule has 12 nitrogen and oxygen atoms in total. The number of ether oxygens (including phenoxy) is 3. The van der Waals surface area contributed by atoms with Gasteiger partial charge in [0.25, 0.3) is 0 Å². The van der Waals surface area contributed by atoms with Crippen molar-refractivity contribution in [1.82, 2.24) is 5.32 Å². The Morgan fingerprint density at radius 3 is 2.10 bits per heavy atom. The molecule has 1 aliphatic rings. The molecule has 0 aliphatic heterocycles. The van der Waals surface area contributed by atoms with Crippen molar-refractivity contribution < 1.29 is 38.5 Å². The SMILES string of the molecule is NCCOCCOCCOCCCC(=O)C1(C(=O)C[C@@H](CCCNC(N)=O)C(=O)Nc2ccc(CO)cc2)CCC1. The van der Waals surface area contributed by atoms with Gasteiger partial charge in [0, 0.05) is 44.1 Å². The van der Waals surface area contributed by atoms with Gasteiger partial charge in [0.1, 0.15) is 11.6 Å². The van der Waals surface area contributed by atoms with E-state index in [1.165, 1.54) is 0 Å². The van der Waals surface area contributed by atoms with Crippen LogP contribution >= 0.6 is 0 Å². The number of rotatable bonds is 23. The summed E-state index contributed by atoms with van der Waals surface area (Å²) in [5.41, 5.74) is 10.7. The first-order chi connectivity index (χ1) is 19.8. The number of amides is 3. The van der Waals surface area contributed by atoms with Crippen LogP contribution in [0.15, 0.2) is 24.3 Å². The van der Waals surface area contributed by atoms with E-state index in [0.717, 1.165) is 6.42 Å². The largest absolute Gasteiger partial charge is 0.392 e. The van der Waals surface area contributed by atoms with E-state index in [9.17, 15) is 24.3 Å².